The summed E-state index contributed by atoms with van der Waals surface area (Å²) in [6, 6.07) is 5.45. The van der Waals surface area contributed by atoms with E-state index < -0.39 is 10.0 Å². The molecular weight excluding hydrogens is 338 g/mol. The normalized spacial score (nSPS) is 23.8. The van der Waals surface area contributed by atoms with E-state index in [1.54, 1.807) is 6.07 Å². The molecule has 1 N–H and O–H groups in total. The summed E-state index contributed by atoms with van der Waals surface area (Å²) in [5, 5.41) is 0. The zero-order valence-corrected chi connectivity index (χ0v) is 14.4. The number of halogens is 1. The fraction of sp³-hybridized carbons (Fsp3) is 0.600. The second-order valence-electron chi connectivity index (χ2n) is 5.66. The number of hydrogen-bond donors (Lipinski definition) is 1. The maximum absolute atomic E-state index is 12.5. The molecule has 0 spiro atoms. The fourth-order valence-corrected chi connectivity index (χ4v) is 4.92. The maximum atomic E-state index is 12.5. The van der Waals surface area contributed by atoms with Gasteiger partial charge < -0.3 is 0 Å². The van der Waals surface area contributed by atoms with E-state index in [1.165, 1.54) is 6.42 Å². The Bertz CT molecular complexity index is 563. The van der Waals surface area contributed by atoms with Gasteiger partial charge in [0, 0.05) is 10.5 Å². The Morgan fingerprint density at radius 1 is 1.25 bits per heavy atom. The minimum atomic E-state index is -3.42. The van der Waals surface area contributed by atoms with Crippen LogP contribution in [0.2, 0.25) is 0 Å². The molecular formula is C15H22BrNO2S. The number of benzene rings is 1. The van der Waals surface area contributed by atoms with Gasteiger partial charge in [0.2, 0.25) is 10.0 Å². The van der Waals surface area contributed by atoms with Gasteiger partial charge >= 0.3 is 0 Å². The molecule has 3 nitrogen and oxygen atoms in total. The number of aryl methyl sites for hydroxylation is 1. The number of rotatable bonds is 4. The lowest BCUT2D eigenvalue weighted by molar-refractivity contribution is 0.306. The lowest BCUT2D eigenvalue weighted by Crippen LogP contribution is -2.37. The van der Waals surface area contributed by atoms with Gasteiger partial charge in [-0.15, -0.1) is 0 Å². The van der Waals surface area contributed by atoms with Gasteiger partial charge in [0.25, 0.3) is 0 Å². The molecule has 0 unspecified atom stereocenters. The molecule has 1 aliphatic carbocycles. The molecule has 1 aliphatic rings. The lowest BCUT2D eigenvalue weighted by atomic mass is 9.85. The zero-order chi connectivity index (χ0) is 14.8. The van der Waals surface area contributed by atoms with E-state index >= 15 is 0 Å². The van der Waals surface area contributed by atoms with Crippen LogP contribution in [0.4, 0.5) is 0 Å². The van der Waals surface area contributed by atoms with Gasteiger partial charge in [0.05, 0.1) is 4.90 Å². The molecule has 0 saturated heterocycles. The topological polar surface area (TPSA) is 46.2 Å². The maximum Gasteiger partial charge on any atom is 0.241 e. The Kier molecular flexibility index (Phi) is 5.26. The van der Waals surface area contributed by atoms with Crippen molar-refractivity contribution in [1.29, 1.82) is 0 Å². The van der Waals surface area contributed by atoms with Gasteiger partial charge in [0.1, 0.15) is 0 Å². The van der Waals surface area contributed by atoms with Gasteiger partial charge in [0.15, 0.2) is 0 Å². The molecule has 1 fully saturated rings. The van der Waals surface area contributed by atoms with Crippen molar-refractivity contribution < 1.29 is 8.42 Å². The van der Waals surface area contributed by atoms with Crippen molar-refractivity contribution in [3.05, 3.63) is 28.2 Å². The van der Waals surface area contributed by atoms with E-state index in [-0.39, 0.29) is 6.04 Å². The highest BCUT2D eigenvalue weighted by Crippen LogP contribution is 2.28. The highest BCUT2D eigenvalue weighted by atomic mass is 79.9. The molecule has 112 valence electrons. The quantitative estimate of drug-likeness (QED) is 0.882. The first-order valence-corrected chi connectivity index (χ1v) is 9.48. The molecule has 5 heteroatoms. The van der Waals surface area contributed by atoms with Crippen LogP contribution in [-0.4, -0.2) is 14.5 Å². The summed E-state index contributed by atoms with van der Waals surface area (Å²) in [5.41, 5.74) is 0.781. The van der Waals surface area contributed by atoms with Crippen molar-refractivity contribution in [3.63, 3.8) is 0 Å². The van der Waals surface area contributed by atoms with Crippen LogP contribution in [-0.2, 0) is 10.0 Å². The van der Waals surface area contributed by atoms with Crippen LogP contribution in [0.5, 0.6) is 0 Å². The SMILES string of the molecule is CCC1CCC(NS(=O)(=O)c2cc(Br)ccc2C)CC1. The van der Waals surface area contributed by atoms with E-state index in [0.29, 0.717) is 4.90 Å². The molecule has 0 bridgehead atoms. The van der Waals surface area contributed by atoms with Crippen LogP contribution >= 0.6 is 15.9 Å². The highest BCUT2D eigenvalue weighted by molar-refractivity contribution is 9.10. The summed E-state index contributed by atoms with van der Waals surface area (Å²) in [6.45, 7) is 4.04. The van der Waals surface area contributed by atoms with Crippen molar-refractivity contribution >= 4 is 26.0 Å². The third-order valence-corrected chi connectivity index (χ3v) is 6.34. The summed E-state index contributed by atoms with van der Waals surface area (Å²) in [7, 11) is -3.42. The Morgan fingerprint density at radius 3 is 2.50 bits per heavy atom. The number of nitrogens with one attached hydrogen (secondary N) is 1. The van der Waals surface area contributed by atoms with Crippen LogP contribution in [0.1, 0.15) is 44.6 Å². The average molecular weight is 360 g/mol. The van der Waals surface area contributed by atoms with Crippen molar-refractivity contribution in [2.24, 2.45) is 5.92 Å². The summed E-state index contributed by atoms with van der Waals surface area (Å²) >= 11 is 3.34. The van der Waals surface area contributed by atoms with Crippen molar-refractivity contribution in [2.75, 3.05) is 0 Å². The van der Waals surface area contributed by atoms with Gasteiger partial charge in [-0.05, 0) is 56.2 Å². The smallest absolute Gasteiger partial charge is 0.208 e. The van der Waals surface area contributed by atoms with Crippen LogP contribution in [0.25, 0.3) is 0 Å². The molecule has 1 saturated carbocycles. The minimum absolute atomic E-state index is 0.0844. The summed E-state index contributed by atoms with van der Waals surface area (Å²) in [4.78, 5) is 0.379. The van der Waals surface area contributed by atoms with Crippen molar-refractivity contribution in [3.8, 4) is 0 Å². The van der Waals surface area contributed by atoms with Gasteiger partial charge in [-0.2, -0.15) is 0 Å². The number of sulfonamides is 1. The van der Waals surface area contributed by atoms with E-state index in [4.69, 9.17) is 0 Å². The van der Waals surface area contributed by atoms with Crippen LogP contribution in [0.3, 0.4) is 0 Å². The predicted octanol–water partition coefficient (Wildman–Crippen LogP) is 4.00. The first-order chi connectivity index (χ1) is 9.42. The number of hydrogen-bond acceptors (Lipinski definition) is 2. The second-order valence-corrected chi connectivity index (χ2v) is 8.26. The molecule has 0 radical (unpaired) electrons. The van der Waals surface area contributed by atoms with Crippen LogP contribution < -0.4 is 4.72 Å². The molecule has 2 rings (SSSR count). The molecule has 0 aliphatic heterocycles. The van der Waals surface area contributed by atoms with Crippen molar-refractivity contribution in [2.45, 2.75) is 56.9 Å². The second kappa shape index (κ2) is 6.58. The summed E-state index contributed by atoms with van der Waals surface area (Å²) in [5.74, 6) is 0.767. The van der Waals surface area contributed by atoms with Gasteiger partial charge in [-0.3, -0.25) is 0 Å². The molecule has 1 aromatic carbocycles. The van der Waals surface area contributed by atoms with E-state index in [1.807, 2.05) is 19.1 Å². The first kappa shape index (κ1) is 16.0. The Labute approximate surface area is 130 Å². The fourth-order valence-electron chi connectivity index (χ4n) is 2.83. The molecule has 0 amide bonds. The van der Waals surface area contributed by atoms with E-state index in [9.17, 15) is 8.42 Å². The summed E-state index contributed by atoms with van der Waals surface area (Å²) in [6.07, 6.45) is 5.35. The standard InChI is InChI=1S/C15H22BrNO2S/c1-3-12-5-8-14(9-6-12)17-20(18,19)15-10-13(16)7-4-11(15)2/h4,7,10,12,14,17H,3,5-6,8-9H2,1-2H3. The van der Waals surface area contributed by atoms with Crippen molar-refractivity contribution in [1.82, 2.24) is 4.72 Å². The minimum Gasteiger partial charge on any atom is -0.208 e. The molecule has 0 atom stereocenters. The third-order valence-electron chi connectivity index (χ3n) is 4.19. The van der Waals surface area contributed by atoms with Crippen LogP contribution in [0, 0.1) is 12.8 Å². The summed E-state index contributed by atoms with van der Waals surface area (Å²) < 4.78 is 28.7. The Balaban J connectivity index is 2.10. The lowest BCUT2D eigenvalue weighted by Gasteiger charge is -2.28. The Hall–Kier alpha value is -0.390. The van der Waals surface area contributed by atoms with E-state index in [2.05, 4.69) is 27.6 Å². The van der Waals surface area contributed by atoms with Gasteiger partial charge in [-0.1, -0.05) is 35.3 Å². The van der Waals surface area contributed by atoms with E-state index in [0.717, 1.165) is 41.6 Å². The molecule has 20 heavy (non-hydrogen) atoms. The predicted molar refractivity (Wildman–Crippen MR) is 85.2 cm³/mol. The monoisotopic (exact) mass is 359 g/mol. The first-order valence-electron chi connectivity index (χ1n) is 7.21. The molecule has 0 aromatic heterocycles. The molecule has 0 heterocycles. The molecule has 1 aromatic rings. The third kappa shape index (κ3) is 3.83. The Morgan fingerprint density at radius 2 is 1.90 bits per heavy atom. The van der Waals surface area contributed by atoms with Crippen LogP contribution in [0.15, 0.2) is 27.6 Å². The highest BCUT2D eigenvalue weighted by Gasteiger charge is 2.25. The van der Waals surface area contributed by atoms with Gasteiger partial charge in [-0.25, -0.2) is 13.1 Å². The average Bonchev–Trinajstić information content (AvgIpc) is 2.42. The zero-order valence-electron chi connectivity index (χ0n) is 12.0. The largest absolute Gasteiger partial charge is 0.241 e.